The minimum Gasteiger partial charge on any atom is -0.393 e. The van der Waals surface area contributed by atoms with E-state index in [0.29, 0.717) is 5.92 Å². The van der Waals surface area contributed by atoms with Crippen molar-refractivity contribution < 1.29 is 5.11 Å². The molecule has 0 saturated heterocycles. The van der Waals surface area contributed by atoms with Crippen molar-refractivity contribution in [3.8, 4) is 0 Å². The third kappa shape index (κ3) is 4.44. The van der Waals surface area contributed by atoms with Gasteiger partial charge in [-0.05, 0) is 25.7 Å². The molecule has 2 heteroatoms. The summed E-state index contributed by atoms with van der Waals surface area (Å²) in [4.78, 5) is 0. The quantitative estimate of drug-likeness (QED) is 0.699. The lowest BCUT2D eigenvalue weighted by atomic mass is 9.96. The molecule has 0 aliphatic carbocycles. The zero-order valence-electron chi connectivity index (χ0n) is 7.47. The van der Waals surface area contributed by atoms with Gasteiger partial charge in [0.2, 0.25) is 0 Å². The van der Waals surface area contributed by atoms with Gasteiger partial charge in [0.25, 0.3) is 0 Å². The normalized spacial score (nSPS) is 18.1. The van der Waals surface area contributed by atoms with Crippen LogP contribution in [0.5, 0.6) is 0 Å². The predicted octanol–water partition coefficient (Wildman–Crippen LogP) is 2.93. The number of halogens is 1. The van der Waals surface area contributed by atoms with Crippen molar-refractivity contribution in [1.29, 1.82) is 0 Å². The SMILES string of the molecule is CCC(O)C(C)CC(C)=CCl. The van der Waals surface area contributed by atoms with Gasteiger partial charge in [-0.25, -0.2) is 0 Å². The Hall–Kier alpha value is -0.0100. The minimum absolute atomic E-state index is 0.193. The molecule has 0 heterocycles. The van der Waals surface area contributed by atoms with Crippen LogP contribution in [0, 0.1) is 5.92 Å². The van der Waals surface area contributed by atoms with Crippen LogP contribution >= 0.6 is 11.6 Å². The molecule has 11 heavy (non-hydrogen) atoms. The zero-order valence-corrected chi connectivity index (χ0v) is 8.23. The Balaban J connectivity index is 3.76. The highest BCUT2D eigenvalue weighted by Crippen LogP contribution is 2.16. The van der Waals surface area contributed by atoms with Crippen LogP contribution in [-0.2, 0) is 0 Å². The molecular formula is C9H17ClO. The lowest BCUT2D eigenvalue weighted by Crippen LogP contribution is -2.16. The Morgan fingerprint density at radius 3 is 2.55 bits per heavy atom. The highest BCUT2D eigenvalue weighted by atomic mass is 35.5. The molecule has 2 atom stereocenters. The molecule has 1 N–H and O–H groups in total. The van der Waals surface area contributed by atoms with Crippen molar-refractivity contribution in [2.75, 3.05) is 0 Å². The van der Waals surface area contributed by atoms with Crippen LogP contribution in [0.25, 0.3) is 0 Å². The van der Waals surface area contributed by atoms with Crippen LogP contribution in [0.4, 0.5) is 0 Å². The summed E-state index contributed by atoms with van der Waals surface area (Å²) in [5.41, 5.74) is 2.71. The van der Waals surface area contributed by atoms with Gasteiger partial charge in [0, 0.05) is 5.54 Å². The lowest BCUT2D eigenvalue weighted by molar-refractivity contribution is 0.113. The van der Waals surface area contributed by atoms with E-state index in [1.807, 2.05) is 20.8 Å². The topological polar surface area (TPSA) is 20.2 Å². The van der Waals surface area contributed by atoms with Crippen LogP contribution in [0.2, 0.25) is 0 Å². The first-order valence-corrected chi connectivity index (χ1v) is 4.49. The number of aliphatic hydroxyl groups excluding tert-OH is 1. The summed E-state index contributed by atoms with van der Waals surface area (Å²) in [6, 6.07) is 0. The first-order valence-electron chi connectivity index (χ1n) is 4.05. The average molecular weight is 177 g/mol. The van der Waals surface area contributed by atoms with Gasteiger partial charge in [0.1, 0.15) is 0 Å². The largest absolute Gasteiger partial charge is 0.393 e. The van der Waals surface area contributed by atoms with Crippen LogP contribution < -0.4 is 0 Å². The molecule has 1 nitrogen and oxygen atoms in total. The van der Waals surface area contributed by atoms with Crippen molar-refractivity contribution in [3.63, 3.8) is 0 Å². The van der Waals surface area contributed by atoms with E-state index in [1.54, 1.807) is 5.54 Å². The van der Waals surface area contributed by atoms with Crippen molar-refractivity contribution >= 4 is 11.6 Å². The highest BCUT2D eigenvalue weighted by molar-refractivity contribution is 6.25. The smallest absolute Gasteiger partial charge is 0.0566 e. The Morgan fingerprint density at radius 1 is 1.64 bits per heavy atom. The Bertz CT molecular complexity index is 132. The van der Waals surface area contributed by atoms with Crippen LogP contribution in [0.1, 0.15) is 33.6 Å². The number of rotatable bonds is 4. The zero-order chi connectivity index (χ0) is 8.85. The van der Waals surface area contributed by atoms with Crippen LogP contribution in [0.3, 0.4) is 0 Å². The van der Waals surface area contributed by atoms with E-state index in [4.69, 9.17) is 11.6 Å². The fourth-order valence-electron chi connectivity index (χ4n) is 1.09. The van der Waals surface area contributed by atoms with Gasteiger partial charge in [-0.3, -0.25) is 0 Å². The van der Waals surface area contributed by atoms with Gasteiger partial charge in [-0.1, -0.05) is 31.0 Å². The van der Waals surface area contributed by atoms with Gasteiger partial charge in [0.15, 0.2) is 0 Å². The van der Waals surface area contributed by atoms with E-state index in [2.05, 4.69) is 0 Å². The molecule has 0 rings (SSSR count). The predicted molar refractivity (Wildman–Crippen MR) is 49.7 cm³/mol. The second kappa shape index (κ2) is 5.62. The van der Waals surface area contributed by atoms with Gasteiger partial charge in [-0.15, -0.1) is 0 Å². The molecule has 0 aliphatic rings. The molecule has 0 aliphatic heterocycles. The fraction of sp³-hybridized carbons (Fsp3) is 0.778. The van der Waals surface area contributed by atoms with E-state index in [9.17, 15) is 5.11 Å². The summed E-state index contributed by atoms with van der Waals surface area (Å²) in [7, 11) is 0. The molecule has 0 aromatic rings. The minimum atomic E-state index is -0.193. The first-order chi connectivity index (χ1) is 5.11. The monoisotopic (exact) mass is 176 g/mol. The Labute approximate surface area is 74.1 Å². The number of hydrogen-bond donors (Lipinski definition) is 1. The lowest BCUT2D eigenvalue weighted by Gasteiger charge is -2.16. The van der Waals surface area contributed by atoms with Crippen molar-refractivity contribution in [3.05, 3.63) is 11.1 Å². The summed E-state index contributed by atoms with van der Waals surface area (Å²) < 4.78 is 0. The molecule has 0 spiro atoms. The summed E-state index contributed by atoms with van der Waals surface area (Å²) >= 11 is 5.50. The number of allylic oxidation sites excluding steroid dienone is 1. The molecule has 0 aromatic carbocycles. The third-order valence-corrected chi connectivity index (χ3v) is 2.28. The second-order valence-electron chi connectivity index (χ2n) is 3.11. The Morgan fingerprint density at radius 2 is 2.18 bits per heavy atom. The maximum Gasteiger partial charge on any atom is 0.0566 e. The van der Waals surface area contributed by atoms with E-state index >= 15 is 0 Å². The van der Waals surface area contributed by atoms with Gasteiger partial charge >= 0.3 is 0 Å². The summed E-state index contributed by atoms with van der Waals surface area (Å²) in [5, 5.41) is 9.40. The van der Waals surface area contributed by atoms with E-state index < -0.39 is 0 Å². The maximum atomic E-state index is 9.40. The maximum absolute atomic E-state index is 9.40. The molecule has 66 valence electrons. The number of aliphatic hydroxyl groups is 1. The standard InChI is InChI=1S/C9H17ClO/c1-4-9(11)8(3)5-7(2)6-10/h6,8-9,11H,4-5H2,1-3H3. The molecule has 0 fully saturated rings. The van der Waals surface area contributed by atoms with Crippen molar-refractivity contribution in [2.24, 2.45) is 5.92 Å². The van der Waals surface area contributed by atoms with Crippen LogP contribution in [0.15, 0.2) is 11.1 Å². The molecule has 0 radical (unpaired) electrons. The molecule has 0 saturated carbocycles. The van der Waals surface area contributed by atoms with E-state index in [-0.39, 0.29) is 6.10 Å². The molecule has 2 unspecified atom stereocenters. The highest BCUT2D eigenvalue weighted by Gasteiger charge is 2.11. The molecule has 0 bridgehead atoms. The fourth-order valence-corrected chi connectivity index (χ4v) is 1.18. The van der Waals surface area contributed by atoms with Gasteiger partial charge in [0.05, 0.1) is 6.10 Å². The van der Waals surface area contributed by atoms with Crippen LogP contribution in [-0.4, -0.2) is 11.2 Å². The van der Waals surface area contributed by atoms with Gasteiger partial charge < -0.3 is 5.11 Å². The third-order valence-electron chi connectivity index (χ3n) is 1.91. The van der Waals surface area contributed by atoms with Crippen molar-refractivity contribution in [1.82, 2.24) is 0 Å². The summed E-state index contributed by atoms with van der Waals surface area (Å²) in [6.07, 6.45) is 1.51. The van der Waals surface area contributed by atoms with Gasteiger partial charge in [-0.2, -0.15) is 0 Å². The van der Waals surface area contributed by atoms with E-state index in [0.717, 1.165) is 18.4 Å². The Kier molecular flexibility index (Phi) is 5.61. The second-order valence-corrected chi connectivity index (χ2v) is 3.33. The first kappa shape index (κ1) is 11.0. The number of hydrogen-bond acceptors (Lipinski definition) is 1. The molecule has 0 amide bonds. The average Bonchev–Trinajstić information content (AvgIpc) is 2.02. The molecule has 0 aromatic heterocycles. The van der Waals surface area contributed by atoms with Crippen molar-refractivity contribution in [2.45, 2.75) is 39.7 Å². The van der Waals surface area contributed by atoms with E-state index in [1.165, 1.54) is 0 Å². The summed E-state index contributed by atoms with van der Waals surface area (Å²) in [6.45, 7) is 6.00. The summed E-state index contributed by atoms with van der Waals surface area (Å²) in [5.74, 6) is 0.315. The molecular weight excluding hydrogens is 160 g/mol.